The summed E-state index contributed by atoms with van der Waals surface area (Å²) in [4.78, 5) is 35.9. The Kier molecular flexibility index (Phi) is 6.85. The van der Waals surface area contributed by atoms with E-state index in [0.717, 1.165) is 10.9 Å². The lowest BCUT2D eigenvalue weighted by Gasteiger charge is -2.23. The van der Waals surface area contributed by atoms with Crippen molar-refractivity contribution in [2.24, 2.45) is 13.0 Å². The van der Waals surface area contributed by atoms with Gasteiger partial charge in [-0.05, 0) is 30.2 Å². The summed E-state index contributed by atoms with van der Waals surface area (Å²) in [6.07, 6.45) is 0.513. The molecule has 1 unspecified atom stereocenters. The molecule has 1 aromatic carbocycles. The number of rotatable bonds is 8. The van der Waals surface area contributed by atoms with E-state index in [1.165, 1.54) is 0 Å². The molecule has 2 atom stereocenters. The summed E-state index contributed by atoms with van der Waals surface area (Å²) in [6, 6.07) is 6.34. The topological polar surface area (TPSA) is 100 Å². The highest BCUT2D eigenvalue weighted by molar-refractivity contribution is 6.31. The van der Waals surface area contributed by atoms with Gasteiger partial charge in [-0.2, -0.15) is 0 Å². The first-order valence-electron chi connectivity index (χ1n) is 8.80. The van der Waals surface area contributed by atoms with Crippen molar-refractivity contribution in [1.29, 1.82) is 0 Å². The highest BCUT2D eigenvalue weighted by atomic mass is 35.5. The maximum absolute atomic E-state index is 12.8. The molecule has 1 aromatic heterocycles. The molecule has 3 N–H and O–H groups in total. The lowest BCUT2D eigenvalue weighted by molar-refractivity contribution is -0.137. The van der Waals surface area contributed by atoms with Crippen LogP contribution in [0.3, 0.4) is 0 Å². The Bertz CT molecular complexity index is 862. The Balaban J connectivity index is 2.19. The van der Waals surface area contributed by atoms with Crippen molar-refractivity contribution in [2.75, 3.05) is 6.54 Å². The number of aliphatic carboxylic acids is 1. The van der Waals surface area contributed by atoms with Crippen LogP contribution in [0, 0.1) is 5.92 Å². The van der Waals surface area contributed by atoms with E-state index < -0.39 is 12.0 Å². The molecule has 0 aliphatic carbocycles. The fraction of sp³-hybridized carbons (Fsp3) is 0.421. The molecular formula is C19H24ClN3O4. The molecule has 1 heterocycles. The van der Waals surface area contributed by atoms with Crippen LogP contribution >= 0.6 is 11.6 Å². The predicted octanol–water partition coefficient (Wildman–Crippen LogP) is 2.57. The number of benzene rings is 1. The maximum atomic E-state index is 12.8. The number of fused-ring (bicyclic) bond motifs is 1. The molecule has 0 aliphatic rings. The van der Waals surface area contributed by atoms with Gasteiger partial charge >= 0.3 is 5.97 Å². The number of halogens is 1. The third-order valence-electron chi connectivity index (χ3n) is 4.66. The summed E-state index contributed by atoms with van der Waals surface area (Å²) < 4.78 is 1.75. The SMILES string of the molecule is CCC(C)[C@H](NC(=O)c1cc2cc(Cl)ccc2n1C)C(=O)NCCC(=O)O. The van der Waals surface area contributed by atoms with Crippen molar-refractivity contribution < 1.29 is 19.5 Å². The molecule has 2 rings (SSSR count). The fourth-order valence-corrected chi connectivity index (χ4v) is 3.04. The zero-order valence-corrected chi connectivity index (χ0v) is 16.3. The van der Waals surface area contributed by atoms with Crippen molar-refractivity contribution in [3.63, 3.8) is 0 Å². The minimum absolute atomic E-state index is 0.0174. The summed E-state index contributed by atoms with van der Waals surface area (Å²) in [7, 11) is 1.77. The third kappa shape index (κ3) is 5.01. The number of hydrogen-bond donors (Lipinski definition) is 3. The van der Waals surface area contributed by atoms with E-state index in [1.54, 1.807) is 29.8 Å². The van der Waals surface area contributed by atoms with Crippen molar-refractivity contribution >= 4 is 40.3 Å². The highest BCUT2D eigenvalue weighted by Gasteiger charge is 2.27. The van der Waals surface area contributed by atoms with E-state index in [1.807, 2.05) is 19.9 Å². The van der Waals surface area contributed by atoms with Crippen molar-refractivity contribution in [3.05, 3.63) is 35.0 Å². The number of nitrogens with zero attached hydrogens (tertiary/aromatic N) is 1. The Morgan fingerprint density at radius 3 is 2.59 bits per heavy atom. The number of amides is 2. The molecule has 0 spiro atoms. The van der Waals surface area contributed by atoms with Crippen LogP contribution in [0.4, 0.5) is 0 Å². The van der Waals surface area contributed by atoms with Gasteiger partial charge in [-0.3, -0.25) is 14.4 Å². The molecule has 0 bridgehead atoms. The number of nitrogens with one attached hydrogen (secondary N) is 2. The number of aryl methyl sites for hydroxylation is 1. The average molecular weight is 394 g/mol. The number of carbonyl (C=O) groups is 3. The number of carboxylic acid groups (broad SMARTS) is 1. The minimum Gasteiger partial charge on any atom is -0.481 e. The molecule has 0 radical (unpaired) electrons. The largest absolute Gasteiger partial charge is 0.481 e. The van der Waals surface area contributed by atoms with Crippen LogP contribution in [0.25, 0.3) is 10.9 Å². The summed E-state index contributed by atoms with van der Waals surface area (Å²) >= 11 is 6.01. The van der Waals surface area contributed by atoms with Crippen LogP contribution < -0.4 is 10.6 Å². The zero-order valence-electron chi connectivity index (χ0n) is 15.6. The van der Waals surface area contributed by atoms with Crippen LogP contribution in [0.5, 0.6) is 0 Å². The Hall–Kier alpha value is -2.54. The van der Waals surface area contributed by atoms with E-state index in [9.17, 15) is 14.4 Å². The van der Waals surface area contributed by atoms with E-state index in [2.05, 4.69) is 10.6 Å². The van der Waals surface area contributed by atoms with Gasteiger partial charge in [0.1, 0.15) is 11.7 Å². The van der Waals surface area contributed by atoms with Crippen molar-refractivity contribution in [3.8, 4) is 0 Å². The first-order chi connectivity index (χ1) is 12.7. The molecule has 7 nitrogen and oxygen atoms in total. The van der Waals surface area contributed by atoms with Gasteiger partial charge in [-0.1, -0.05) is 31.9 Å². The van der Waals surface area contributed by atoms with E-state index in [4.69, 9.17) is 16.7 Å². The van der Waals surface area contributed by atoms with Gasteiger partial charge in [-0.25, -0.2) is 0 Å². The van der Waals surface area contributed by atoms with Crippen LogP contribution in [-0.4, -0.2) is 40.0 Å². The van der Waals surface area contributed by atoms with Crippen molar-refractivity contribution in [1.82, 2.24) is 15.2 Å². The van der Waals surface area contributed by atoms with Crippen LogP contribution in [-0.2, 0) is 16.6 Å². The van der Waals surface area contributed by atoms with Gasteiger partial charge < -0.3 is 20.3 Å². The summed E-state index contributed by atoms with van der Waals surface area (Å²) in [5.41, 5.74) is 1.27. The second-order valence-electron chi connectivity index (χ2n) is 6.56. The van der Waals surface area contributed by atoms with Gasteiger partial charge in [0.25, 0.3) is 5.91 Å². The number of carbonyl (C=O) groups excluding carboxylic acids is 2. The van der Waals surface area contributed by atoms with Crippen LogP contribution in [0.15, 0.2) is 24.3 Å². The molecule has 0 fully saturated rings. The van der Waals surface area contributed by atoms with Gasteiger partial charge in [0, 0.05) is 29.5 Å². The second kappa shape index (κ2) is 8.90. The van der Waals surface area contributed by atoms with Crippen molar-refractivity contribution in [2.45, 2.75) is 32.7 Å². The normalized spacial score (nSPS) is 13.2. The second-order valence-corrected chi connectivity index (χ2v) is 7.00. The molecule has 0 aliphatic heterocycles. The Morgan fingerprint density at radius 1 is 1.26 bits per heavy atom. The fourth-order valence-electron chi connectivity index (χ4n) is 2.86. The maximum Gasteiger partial charge on any atom is 0.305 e. The molecule has 0 saturated heterocycles. The molecule has 146 valence electrons. The zero-order chi connectivity index (χ0) is 20.1. The summed E-state index contributed by atoms with van der Waals surface area (Å²) in [5, 5.41) is 15.5. The lowest BCUT2D eigenvalue weighted by Crippen LogP contribution is -2.50. The van der Waals surface area contributed by atoms with E-state index in [0.29, 0.717) is 17.1 Å². The van der Waals surface area contributed by atoms with Gasteiger partial charge in [-0.15, -0.1) is 0 Å². The standard InChI is InChI=1S/C19H24ClN3O4/c1-4-11(2)17(19(27)21-8-7-16(24)25)22-18(26)15-10-12-9-13(20)5-6-14(12)23(15)3/h5-6,9-11,17H,4,7-8H2,1-3H3,(H,21,27)(H,22,26)(H,24,25)/t11?,17-/m0/s1. The molecule has 2 aromatic rings. The third-order valence-corrected chi connectivity index (χ3v) is 4.89. The van der Waals surface area contributed by atoms with Crippen LogP contribution in [0.2, 0.25) is 5.02 Å². The number of carboxylic acids is 1. The first kappa shape index (κ1) is 20.8. The molecule has 8 heteroatoms. The minimum atomic E-state index is -0.992. The summed E-state index contributed by atoms with van der Waals surface area (Å²) in [6.45, 7) is 3.81. The Morgan fingerprint density at radius 2 is 1.96 bits per heavy atom. The number of hydrogen-bond acceptors (Lipinski definition) is 3. The quantitative estimate of drug-likeness (QED) is 0.641. The highest BCUT2D eigenvalue weighted by Crippen LogP contribution is 2.23. The lowest BCUT2D eigenvalue weighted by atomic mass is 9.98. The van der Waals surface area contributed by atoms with Crippen LogP contribution in [0.1, 0.15) is 37.2 Å². The number of aromatic nitrogens is 1. The van der Waals surface area contributed by atoms with Gasteiger partial charge in [0.2, 0.25) is 5.91 Å². The summed E-state index contributed by atoms with van der Waals surface area (Å²) in [5.74, 6) is -1.86. The smallest absolute Gasteiger partial charge is 0.305 e. The van der Waals surface area contributed by atoms with Gasteiger partial charge in [0.05, 0.1) is 6.42 Å². The molecular weight excluding hydrogens is 370 g/mol. The Labute approximate surface area is 162 Å². The van der Waals surface area contributed by atoms with E-state index in [-0.39, 0.29) is 30.7 Å². The van der Waals surface area contributed by atoms with E-state index >= 15 is 0 Å². The first-order valence-corrected chi connectivity index (χ1v) is 9.17. The predicted molar refractivity (Wildman–Crippen MR) is 104 cm³/mol. The van der Waals surface area contributed by atoms with Gasteiger partial charge in [0.15, 0.2) is 0 Å². The monoisotopic (exact) mass is 393 g/mol. The molecule has 2 amide bonds. The molecule has 0 saturated carbocycles. The molecule has 27 heavy (non-hydrogen) atoms. The average Bonchev–Trinajstić information content (AvgIpc) is 2.94.